The number of benzene rings is 1. The molecule has 0 spiro atoms. The van der Waals surface area contributed by atoms with Crippen LogP contribution in [0.15, 0.2) is 23.2 Å². The Labute approximate surface area is 95.1 Å². The van der Waals surface area contributed by atoms with Crippen LogP contribution in [-0.2, 0) is 0 Å². The molecule has 0 unspecified atom stereocenters. The van der Waals surface area contributed by atoms with Gasteiger partial charge in [0.15, 0.2) is 11.6 Å². The van der Waals surface area contributed by atoms with Crippen molar-refractivity contribution >= 4 is 11.5 Å². The van der Waals surface area contributed by atoms with Gasteiger partial charge in [-0.3, -0.25) is 0 Å². The standard InChI is InChI=1S/C12H17FN2O/c1-3-5-12(14)15-9-6-7-11(16-4-2)10(13)8-9/h6-8H,3-5H2,1-2H3,(H2,14,15). The van der Waals surface area contributed by atoms with Crippen molar-refractivity contribution < 1.29 is 9.13 Å². The first kappa shape index (κ1) is 12.5. The van der Waals surface area contributed by atoms with Crippen LogP contribution in [0, 0.1) is 5.82 Å². The van der Waals surface area contributed by atoms with Gasteiger partial charge < -0.3 is 10.5 Å². The van der Waals surface area contributed by atoms with Crippen molar-refractivity contribution in [3.05, 3.63) is 24.0 Å². The molecule has 3 nitrogen and oxygen atoms in total. The monoisotopic (exact) mass is 224 g/mol. The molecule has 0 atom stereocenters. The van der Waals surface area contributed by atoms with Gasteiger partial charge >= 0.3 is 0 Å². The Hall–Kier alpha value is -1.58. The first-order valence-corrected chi connectivity index (χ1v) is 5.42. The summed E-state index contributed by atoms with van der Waals surface area (Å²) in [6.45, 7) is 4.27. The number of aliphatic imine (C=N–C) groups is 1. The lowest BCUT2D eigenvalue weighted by Crippen LogP contribution is -2.09. The highest BCUT2D eigenvalue weighted by atomic mass is 19.1. The first-order chi connectivity index (χ1) is 7.67. The van der Waals surface area contributed by atoms with Crippen LogP contribution in [0.5, 0.6) is 5.75 Å². The van der Waals surface area contributed by atoms with E-state index in [4.69, 9.17) is 10.5 Å². The summed E-state index contributed by atoms with van der Waals surface area (Å²) in [5, 5.41) is 0. The molecule has 1 rings (SSSR count). The van der Waals surface area contributed by atoms with Crippen LogP contribution >= 0.6 is 0 Å². The lowest BCUT2D eigenvalue weighted by atomic mass is 10.3. The van der Waals surface area contributed by atoms with Crippen molar-refractivity contribution in [3.63, 3.8) is 0 Å². The SMILES string of the molecule is CCCC(N)=Nc1ccc(OCC)c(F)c1. The summed E-state index contributed by atoms with van der Waals surface area (Å²) in [6, 6.07) is 4.58. The minimum atomic E-state index is -0.410. The van der Waals surface area contributed by atoms with E-state index < -0.39 is 5.82 Å². The Balaban J connectivity index is 2.84. The third-order valence-electron chi connectivity index (χ3n) is 1.99. The quantitative estimate of drug-likeness (QED) is 0.617. The summed E-state index contributed by atoms with van der Waals surface area (Å²) in [4.78, 5) is 4.11. The maximum absolute atomic E-state index is 13.4. The number of rotatable bonds is 5. The third-order valence-corrected chi connectivity index (χ3v) is 1.99. The van der Waals surface area contributed by atoms with Gasteiger partial charge in [-0.1, -0.05) is 6.92 Å². The highest BCUT2D eigenvalue weighted by Gasteiger charge is 2.03. The third kappa shape index (κ3) is 3.53. The fraction of sp³-hybridized carbons (Fsp3) is 0.417. The fourth-order valence-electron chi connectivity index (χ4n) is 1.31. The predicted molar refractivity (Wildman–Crippen MR) is 63.8 cm³/mol. The molecule has 4 heteroatoms. The molecule has 1 aromatic carbocycles. The topological polar surface area (TPSA) is 47.6 Å². The summed E-state index contributed by atoms with van der Waals surface area (Å²) < 4.78 is 18.5. The molecule has 0 aromatic heterocycles. The van der Waals surface area contributed by atoms with Gasteiger partial charge in [-0.05, 0) is 25.5 Å². The van der Waals surface area contributed by atoms with Crippen molar-refractivity contribution in [2.75, 3.05) is 6.61 Å². The smallest absolute Gasteiger partial charge is 0.167 e. The number of nitrogens with zero attached hydrogens (tertiary/aromatic N) is 1. The maximum atomic E-state index is 13.4. The zero-order chi connectivity index (χ0) is 12.0. The molecule has 0 fully saturated rings. The highest BCUT2D eigenvalue weighted by molar-refractivity contribution is 5.83. The number of halogens is 1. The number of nitrogens with two attached hydrogens (primary N) is 1. The van der Waals surface area contributed by atoms with Crippen LogP contribution in [0.3, 0.4) is 0 Å². The molecule has 0 saturated heterocycles. The van der Waals surface area contributed by atoms with E-state index in [0.717, 1.165) is 12.8 Å². The Morgan fingerprint density at radius 1 is 1.44 bits per heavy atom. The van der Waals surface area contributed by atoms with Crippen molar-refractivity contribution in [2.45, 2.75) is 26.7 Å². The number of amidine groups is 1. The summed E-state index contributed by atoms with van der Waals surface area (Å²) in [6.07, 6.45) is 1.64. The summed E-state index contributed by atoms with van der Waals surface area (Å²) >= 11 is 0. The van der Waals surface area contributed by atoms with Gasteiger partial charge in [0.1, 0.15) is 0 Å². The van der Waals surface area contributed by atoms with Crippen LogP contribution in [-0.4, -0.2) is 12.4 Å². The van der Waals surface area contributed by atoms with Crippen LogP contribution in [0.25, 0.3) is 0 Å². The average molecular weight is 224 g/mol. The lowest BCUT2D eigenvalue weighted by molar-refractivity contribution is 0.321. The Morgan fingerprint density at radius 3 is 2.75 bits per heavy atom. The van der Waals surface area contributed by atoms with Gasteiger partial charge in [0.2, 0.25) is 0 Å². The van der Waals surface area contributed by atoms with Gasteiger partial charge in [0, 0.05) is 12.5 Å². The van der Waals surface area contributed by atoms with Gasteiger partial charge in [-0.25, -0.2) is 9.38 Å². The van der Waals surface area contributed by atoms with E-state index in [1.54, 1.807) is 12.1 Å². The molecule has 0 aliphatic carbocycles. The molecule has 1 aromatic rings. The van der Waals surface area contributed by atoms with E-state index in [0.29, 0.717) is 18.1 Å². The molecule has 0 amide bonds. The zero-order valence-electron chi connectivity index (χ0n) is 9.66. The highest BCUT2D eigenvalue weighted by Crippen LogP contribution is 2.23. The molecule has 88 valence electrons. The molecule has 0 radical (unpaired) electrons. The van der Waals surface area contributed by atoms with Crippen LogP contribution in [0.4, 0.5) is 10.1 Å². The lowest BCUT2D eigenvalue weighted by Gasteiger charge is -2.05. The number of hydrogen-bond donors (Lipinski definition) is 1. The van der Waals surface area contributed by atoms with E-state index in [1.165, 1.54) is 6.07 Å². The van der Waals surface area contributed by atoms with E-state index in [1.807, 2.05) is 13.8 Å². The summed E-state index contributed by atoms with van der Waals surface area (Å²) in [5.41, 5.74) is 6.18. The second kappa shape index (κ2) is 6.10. The van der Waals surface area contributed by atoms with Crippen molar-refractivity contribution in [3.8, 4) is 5.75 Å². The van der Waals surface area contributed by atoms with Gasteiger partial charge in [-0.2, -0.15) is 0 Å². The molecular weight excluding hydrogens is 207 g/mol. The Bertz CT molecular complexity index is 377. The second-order valence-electron chi connectivity index (χ2n) is 3.40. The summed E-state index contributed by atoms with van der Waals surface area (Å²) in [5.74, 6) is 0.356. The molecule has 0 heterocycles. The average Bonchev–Trinajstić information content (AvgIpc) is 2.22. The van der Waals surface area contributed by atoms with Crippen molar-refractivity contribution in [1.82, 2.24) is 0 Å². The van der Waals surface area contributed by atoms with E-state index in [2.05, 4.69) is 4.99 Å². The molecule has 0 bridgehead atoms. The number of hydrogen-bond acceptors (Lipinski definition) is 2. The van der Waals surface area contributed by atoms with Gasteiger partial charge in [-0.15, -0.1) is 0 Å². The van der Waals surface area contributed by atoms with Gasteiger partial charge in [0.25, 0.3) is 0 Å². The molecule has 0 aliphatic heterocycles. The predicted octanol–water partition coefficient (Wildman–Crippen LogP) is 3.01. The van der Waals surface area contributed by atoms with Crippen LogP contribution in [0.1, 0.15) is 26.7 Å². The summed E-state index contributed by atoms with van der Waals surface area (Å²) in [7, 11) is 0. The fourth-order valence-corrected chi connectivity index (χ4v) is 1.31. The minimum absolute atomic E-state index is 0.246. The van der Waals surface area contributed by atoms with Crippen molar-refractivity contribution in [2.24, 2.45) is 10.7 Å². The first-order valence-electron chi connectivity index (χ1n) is 5.42. The van der Waals surface area contributed by atoms with Crippen LogP contribution < -0.4 is 10.5 Å². The van der Waals surface area contributed by atoms with E-state index in [9.17, 15) is 4.39 Å². The van der Waals surface area contributed by atoms with Gasteiger partial charge in [0.05, 0.1) is 18.1 Å². The van der Waals surface area contributed by atoms with E-state index in [-0.39, 0.29) is 5.75 Å². The largest absolute Gasteiger partial charge is 0.491 e. The normalized spacial score (nSPS) is 11.6. The molecule has 0 saturated carbocycles. The maximum Gasteiger partial charge on any atom is 0.167 e. The zero-order valence-corrected chi connectivity index (χ0v) is 9.66. The molecule has 2 N–H and O–H groups in total. The number of ether oxygens (including phenoxy) is 1. The minimum Gasteiger partial charge on any atom is -0.491 e. The van der Waals surface area contributed by atoms with Crippen LogP contribution in [0.2, 0.25) is 0 Å². The molecular formula is C12H17FN2O. The molecule has 0 aliphatic rings. The second-order valence-corrected chi connectivity index (χ2v) is 3.40. The van der Waals surface area contributed by atoms with Crippen molar-refractivity contribution in [1.29, 1.82) is 0 Å². The molecule has 16 heavy (non-hydrogen) atoms. The Morgan fingerprint density at radius 2 is 2.19 bits per heavy atom. The van der Waals surface area contributed by atoms with E-state index >= 15 is 0 Å². The Kier molecular flexibility index (Phi) is 4.76.